The minimum atomic E-state index is -0.782. The number of alkyl carbamates (subject to hydrolysis) is 1. The van der Waals surface area contributed by atoms with Gasteiger partial charge in [-0.25, -0.2) is 4.79 Å². The first-order valence-corrected chi connectivity index (χ1v) is 10.2. The van der Waals surface area contributed by atoms with Gasteiger partial charge in [-0.1, -0.05) is 72.0 Å². The fourth-order valence-corrected chi connectivity index (χ4v) is 3.40. The van der Waals surface area contributed by atoms with Gasteiger partial charge in [-0.15, -0.1) is 5.10 Å². The van der Waals surface area contributed by atoms with E-state index in [2.05, 4.69) is 20.8 Å². The van der Waals surface area contributed by atoms with Crippen LogP contribution in [0.5, 0.6) is 0 Å². The molecule has 3 N–H and O–H groups in total. The fourth-order valence-electron chi connectivity index (χ4n) is 2.61. The molecule has 0 aliphatic heterocycles. The molecule has 0 aliphatic carbocycles. The van der Waals surface area contributed by atoms with E-state index in [-0.39, 0.29) is 12.5 Å². The number of nitrogens with one attached hydrogen (secondary N) is 3. The zero-order valence-corrected chi connectivity index (χ0v) is 17.1. The second-order valence-electron chi connectivity index (χ2n) is 6.19. The van der Waals surface area contributed by atoms with Crippen molar-refractivity contribution in [3.8, 4) is 0 Å². The second-order valence-corrected chi connectivity index (χ2v) is 7.86. The smallest absolute Gasteiger partial charge is 0.408 e. The summed E-state index contributed by atoms with van der Waals surface area (Å²) in [6.45, 7) is 0.125. The molecule has 1 aromatic heterocycles. The van der Waals surface area contributed by atoms with Crippen LogP contribution in [0.25, 0.3) is 0 Å². The van der Waals surface area contributed by atoms with Gasteiger partial charge in [0.25, 0.3) is 0 Å². The quantitative estimate of drug-likeness (QED) is 0.470. The van der Waals surface area contributed by atoms with E-state index >= 15 is 0 Å². The van der Waals surface area contributed by atoms with Crippen LogP contribution in [-0.4, -0.2) is 28.2 Å². The lowest BCUT2D eigenvalue weighted by atomic mass is 10.0. The van der Waals surface area contributed by atoms with Crippen molar-refractivity contribution in [1.82, 2.24) is 15.5 Å². The number of aromatic nitrogens is 2. The molecule has 2 amide bonds. The third kappa shape index (κ3) is 6.81. The number of anilines is 1. The molecule has 2 aromatic carbocycles. The first kappa shape index (κ1) is 20.7. The summed E-state index contributed by atoms with van der Waals surface area (Å²) in [7, 11) is 0. The van der Waals surface area contributed by atoms with Crippen molar-refractivity contribution in [2.24, 2.45) is 0 Å². The summed E-state index contributed by atoms with van der Waals surface area (Å²) in [6.07, 6.45) is 0.372. The van der Waals surface area contributed by atoms with Crippen LogP contribution in [0.1, 0.15) is 17.5 Å². The number of carbonyl (C=O) groups excluding carboxylic acids is 2. The first-order valence-electron chi connectivity index (χ1n) is 8.97. The Balaban J connectivity index is 1.61. The zero-order valence-electron chi connectivity index (χ0n) is 15.5. The lowest BCUT2D eigenvalue weighted by Crippen LogP contribution is -2.44. The number of carbonyl (C=O) groups is 2. The highest BCUT2D eigenvalue weighted by Crippen LogP contribution is 2.13. The molecule has 0 bridgehead atoms. The second kappa shape index (κ2) is 10.5. The van der Waals surface area contributed by atoms with Gasteiger partial charge in [0.1, 0.15) is 12.6 Å². The standard InChI is InChI=1S/C20H20N4O3S2/c25-17(22-18-23-24-20(28)29-18)16(12-11-14-7-3-1-4-8-14)21-19(26)27-13-15-9-5-2-6-10-15/h1-10,16H,11-13H2,(H,21,26)(H,24,28)(H,22,23,25). The Kier molecular flexibility index (Phi) is 7.48. The molecule has 3 aromatic rings. The molecule has 0 fully saturated rings. The molecule has 29 heavy (non-hydrogen) atoms. The number of hydrogen-bond acceptors (Lipinski definition) is 6. The number of amides is 2. The Bertz CT molecular complexity index is 989. The summed E-state index contributed by atoms with van der Waals surface area (Å²) in [5, 5.41) is 12.2. The number of ether oxygens (including phenoxy) is 1. The van der Waals surface area contributed by atoms with Gasteiger partial charge in [-0.3, -0.25) is 15.2 Å². The van der Waals surface area contributed by atoms with Crippen LogP contribution >= 0.6 is 23.6 Å². The molecular weight excluding hydrogens is 408 g/mol. The topological polar surface area (TPSA) is 96.1 Å². The number of nitrogens with zero attached hydrogens (tertiary/aromatic N) is 1. The Hall–Kier alpha value is -3.04. The van der Waals surface area contributed by atoms with E-state index in [1.54, 1.807) is 0 Å². The number of hydrogen-bond donors (Lipinski definition) is 3. The Labute approximate surface area is 177 Å². The number of rotatable bonds is 8. The van der Waals surface area contributed by atoms with E-state index in [1.807, 2.05) is 60.7 Å². The average molecular weight is 429 g/mol. The molecule has 1 atom stereocenters. The molecule has 0 saturated heterocycles. The molecule has 7 nitrogen and oxygen atoms in total. The van der Waals surface area contributed by atoms with Crippen LogP contribution in [0.15, 0.2) is 60.7 Å². The molecule has 3 rings (SSSR count). The Morgan fingerprint density at radius 3 is 2.34 bits per heavy atom. The summed E-state index contributed by atoms with van der Waals surface area (Å²) in [5.41, 5.74) is 1.93. The maximum atomic E-state index is 12.7. The van der Waals surface area contributed by atoms with Crippen molar-refractivity contribution >= 4 is 40.7 Å². The average Bonchev–Trinajstić information content (AvgIpc) is 3.15. The lowest BCUT2D eigenvalue weighted by Gasteiger charge is -2.17. The number of aryl methyl sites for hydroxylation is 1. The molecule has 0 radical (unpaired) electrons. The van der Waals surface area contributed by atoms with E-state index in [4.69, 9.17) is 17.0 Å². The minimum Gasteiger partial charge on any atom is -0.445 e. The van der Waals surface area contributed by atoms with Crippen molar-refractivity contribution in [3.63, 3.8) is 0 Å². The van der Waals surface area contributed by atoms with Crippen molar-refractivity contribution < 1.29 is 14.3 Å². The van der Waals surface area contributed by atoms with E-state index in [1.165, 1.54) is 0 Å². The van der Waals surface area contributed by atoms with Gasteiger partial charge in [-0.05, 0) is 36.2 Å². The highest BCUT2D eigenvalue weighted by Gasteiger charge is 2.22. The van der Waals surface area contributed by atoms with Gasteiger partial charge in [0, 0.05) is 0 Å². The molecular formula is C20H20N4O3S2. The first-order chi connectivity index (χ1) is 14.1. The summed E-state index contributed by atoms with van der Waals surface area (Å²) in [5.74, 6) is -0.379. The molecule has 0 saturated carbocycles. The maximum Gasteiger partial charge on any atom is 0.408 e. The monoisotopic (exact) mass is 428 g/mol. The number of benzene rings is 2. The van der Waals surface area contributed by atoms with Gasteiger partial charge < -0.3 is 10.1 Å². The number of aromatic amines is 1. The summed E-state index contributed by atoms with van der Waals surface area (Å²) in [4.78, 5) is 24.9. The molecule has 1 unspecified atom stereocenters. The molecule has 9 heteroatoms. The predicted octanol–water partition coefficient (Wildman–Crippen LogP) is 4.07. The SMILES string of the molecule is O=C(NC(CCc1ccccc1)C(=O)Nc1n[nH]c(=S)s1)OCc1ccccc1. The lowest BCUT2D eigenvalue weighted by molar-refractivity contribution is -0.118. The van der Waals surface area contributed by atoms with Crippen LogP contribution in [0.3, 0.4) is 0 Å². The molecule has 150 valence electrons. The highest BCUT2D eigenvalue weighted by atomic mass is 32.1. The van der Waals surface area contributed by atoms with Gasteiger partial charge >= 0.3 is 6.09 Å². The van der Waals surface area contributed by atoms with Gasteiger partial charge in [0.2, 0.25) is 11.0 Å². The molecule has 0 aliphatic rings. The van der Waals surface area contributed by atoms with Gasteiger partial charge in [-0.2, -0.15) is 0 Å². The third-order valence-corrected chi connectivity index (χ3v) is 5.06. The summed E-state index contributed by atoms with van der Waals surface area (Å²) >= 11 is 6.12. The third-order valence-electron chi connectivity index (χ3n) is 4.05. The van der Waals surface area contributed by atoms with Crippen molar-refractivity contribution in [1.29, 1.82) is 0 Å². The summed E-state index contributed by atoms with van der Waals surface area (Å²) < 4.78 is 5.70. The zero-order chi connectivity index (χ0) is 20.5. The van der Waals surface area contributed by atoms with Crippen LogP contribution < -0.4 is 10.6 Å². The Morgan fingerprint density at radius 2 is 1.72 bits per heavy atom. The minimum absolute atomic E-state index is 0.125. The van der Waals surface area contributed by atoms with Crippen LogP contribution in [-0.2, 0) is 22.6 Å². The van der Waals surface area contributed by atoms with Crippen LogP contribution in [0.4, 0.5) is 9.93 Å². The Morgan fingerprint density at radius 1 is 1.07 bits per heavy atom. The van der Waals surface area contributed by atoms with Gasteiger partial charge in [0.15, 0.2) is 3.95 Å². The van der Waals surface area contributed by atoms with Crippen molar-refractivity contribution in [3.05, 3.63) is 75.7 Å². The highest BCUT2D eigenvalue weighted by molar-refractivity contribution is 7.73. The van der Waals surface area contributed by atoms with Crippen LogP contribution in [0, 0.1) is 3.95 Å². The van der Waals surface area contributed by atoms with E-state index in [9.17, 15) is 9.59 Å². The molecule has 1 heterocycles. The van der Waals surface area contributed by atoms with E-state index in [0.717, 1.165) is 22.5 Å². The number of H-pyrrole nitrogens is 1. The van der Waals surface area contributed by atoms with E-state index in [0.29, 0.717) is 21.9 Å². The maximum absolute atomic E-state index is 12.7. The van der Waals surface area contributed by atoms with Crippen molar-refractivity contribution in [2.75, 3.05) is 5.32 Å². The predicted molar refractivity (Wildman–Crippen MR) is 114 cm³/mol. The normalized spacial score (nSPS) is 11.4. The van der Waals surface area contributed by atoms with Gasteiger partial charge in [0.05, 0.1) is 0 Å². The van der Waals surface area contributed by atoms with Crippen LogP contribution in [0.2, 0.25) is 0 Å². The largest absolute Gasteiger partial charge is 0.445 e. The van der Waals surface area contributed by atoms with E-state index < -0.39 is 12.1 Å². The fraction of sp³-hybridized carbons (Fsp3) is 0.200. The van der Waals surface area contributed by atoms with Crippen molar-refractivity contribution in [2.45, 2.75) is 25.5 Å². The summed E-state index contributed by atoms with van der Waals surface area (Å²) in [6, 6.07) is 18.3. The molecule has 0 spiro atoms.